The van der Waals surface area contributed by atoms with Gasteiger partial charge in [-0.15, -0.1) is 0 Å². The predicted molar refractivity (Wildman–Crippen MR) is 153 cm³/mol. The number of carbonyl (C=O) groups is 1. The second-order valence-corrected chi connectivity index (χ2v) is 11.8. The summed E-state index contributed by atoms with van der Waals surface area (Å²) in [6.07, 6.45) is 6.39. The van der Waals surface area contributed by atoms with Gasteiger partial charge in [-0.3, -0.25) is 4.68 Å². The molecular formula is C28H28Cl2FN5O6. The summed E-state index contributed by atoms with van der Waals surface area (Å²) in [5.74, 6) is -1.52. The van der Waals surface area contributed by atoms with Crippen molar-refractivity contribution < 1.29 is 28.0 Å². The lowest BCUT2D eigenvalue weighted by molar-refractivity contribution is -0.390. The van der Waals surface area contributed by atoms with Crippen LogP contribution in [0.4, 0.5) is 15.0 Å². The summed E-state index contributed by atoms with van der Waals surface area (Å²) in [6.45, 7) is 8.12. The Morgan fingerprint density at radius 2 is 1.95 bits per heavy atom. The van der Waals surface area contributed by atoms with Crippen molar-refractivity contribution in [1.29, 1.82) is 0 Å². The third-order valence-corrected chi connectivity index (χ3v) is 7.62. The summed E-state index contributed by atoms with van der Waals surface area (Å²) in [6, 6.07) is 2.51. The number of nitro groups is 1. The quantitative estimate of drug-likeness (QED) is 0.122. The number of pyridine rings is 1. The summed E-state index contributed by atoms with van der Waals surface area (Å²) in [5.41, 5.74) is 0.963. The van der Waals surface area contributed by atoms with E-state index in [2.05, 4.69) is 10.1 Å². The van der Waals surface area contributed by atoms with Crippen molar-refractivity contribution in [2.45, 2.75) is 58.3 Å². The third kappa shape index (κ3) is 5.86. The fourth-order valence-corrected chi connectivity index (χ4v) is 5.56. The van der Waals surface area contributed by atoms with Crippen LogP contribution < -0.4 is 4.74 Å². The fraction of sp³-hybridized carbons (Fsp3) is 0.393. The first-order valence-corrected chi connectivity index (χ1v) is 14.0. The highest BCUT2D eigenvalue weighted by Crippen LogP contribution is 2.43. The second kappa shape index (κ2) is 11.4. The first-order chi connectivity index (χ1) is 19.8. The number of nitrogens with zero attached hydrogens (tertiary/aromatic N) is 5. The van der Waals surface area contributed by atoms with E-state index in [1.807, 2.05) is 31.6 Å². The lowest BCUT2D eigenvalue weighted by atomic mass is 10.1. The summed E-state index contributed by atoms with van der Waals surface area (Å²) >= 11 is 12.4. The molecule has 42 heavy (non-hydrogen) atoms. The van der Waals surface area contributed by atoms with Gasteiger partial charge in [-0.25, -0.2) is 9.18 Å². The number of aromatic nitrogens is 3. The van der Waals surface area contributed by atoms with Crippen LogP contribution in [0.15, 0.2) is 41.4 Å². The Labute approximate surface area is 250 Å². The van der Waals surface area contributed by atoms with Gasteiger partial charge in [-0.2, -0.15) is 5.10 Å². The van der Waals surface area contributed by atoms with E-state index < -0.39 is 28.3 Å². The van der Waals surface area contributed by atoms with Crippen molar-refractivity contribution in [2.75, 3.05) is 13.1 Å². The SMILES string of the molecule is CC(Oc1c([N+](=O)[O-])ncc2c(-c3cnn(C4CCN(C(=O)OC(C)(C)C)CC4)c3)coc12)c1c(Cl)ccc(F)c1Cl. The maximum absolute atomic E-state index is 14.1. The Hall–Kier alpha value is -3.90. The van der Waals surface area contributed by atoms with E-state index in [0.717, 1.165) is 6.07 Å². The van der Waals surface area contributed by atoms with Gasteiger partial charge in [-0.05, 0) is 62.6 Å². The molecule has 5 rings (SSSR count). The molecule has 1 fully saturated rings. The molecule has 0 saturated carbocycles. The molecule has 4 aromatic rings. The van der Waals surface area contributed by atoms with Gasteiger partial charge in [0.25, 0.3) is 5.75 Å². The minimum atomic E-state index is -0.977. The number of halogens is 3. The molecule has 1 aliphatic rings. The molecule has 1 amide bonds. The average molecular weight is 620 g/mol. The van der Waals surface area contributed by atoms with E-state index in [9.17, 15) is 19.3 Å². The predicted octanol–water partition coefficient (Wildman–Crippen LogP) is 7.76. The maximum Gasteiger partial charge on any atom is 0.410 e. The number of hydrogen-bond acceptors (Lipinski definition) is 8. The van der Waals surface area contributed by atoms with Crippen molar-refractivity contribution in [3.05, 3.63) is 68.5 Å². The molecule has 0 spiro atoms. The summed E-state index contributed by atoms with van der Waals surface area (Å²) in [7, 11) is 0. The molecule has 1 atom stereocenters. The Kier molecular flexibility index (Phi) is 8.04. The molecule has 14 heteroatoms. The first-order valence-electron chi connectivity index (χ1n) is 13.2. The van der Waals surface area contributed by atoms with Gasteiger partial charge >= 0.3 is 11.9 Å². The fourth-order valence-electron chi connectivity index (χ4n) is 4.88. The standard InChI is InChI=1S/C28H28Cl2FN5O6/c1-15(22-20(29)5-6-21(31)23(22)30)41-25-24-18(12-32-26(25)36(38)39)19(14-40-24)16-11-33-35(13-16)17-7-9-34(10-8-17)27(37)42-28(2,3)4/h5-6,11-15,17H,7-10H2,1-4H3. The minimum absolute atomic E-state index is 0.0651. The molecule has 0 bridgehead atoms. The number of amides is 1. The molecule has 0 N–H and O–H groups in total. The topological polar surface area (TPSA) is 126 Å². The van der Waals surface area contributed by atoms with Crippen LogP contribution in [-0.2, 0) is 4.74 Å². The number of hydrogen-bond donors (Lipinski definition) is 0. The van der Waals surface area contributed by atoms with Crippen LogP contribution >= 0.6 is 23.2 Å². The maximum atomic E-state index is 14.1. The number of fused-ring (bicyclic) bond motifs is 1. The van der Waals surface area contributed by atoms with Crippen LogP contribution in [0.25, 0.3) is 22.1 Å². The highest BCUT2D eigenvalue weighted by Gasteiger charge is 2.31. The zero-order valence-corrected chi connectivity index (χ0v) is 24.8. The second-order valence-electron chi connectivity index (χ2n) is 11.0. The van der Waals surface area contributed by atoms with E-state index in [-0.39, 0.29) is 39.1 Å². The normalized spacial score (nSPS) is 15.2. The number of rotatable bonds is 6. The van der Waals surface area contributed by atoms with E-state index >= 15 is 0 Å². The first kappa shape index (κ1) is 29.6. The molecule has 1 aromatic carbocycles. The zero-order chi connectivity index (χ0) is 30.3. The van der Waals surface area contributed by atoms with Gasteiger partial charge in [0.15, 0.2) is 11.8 Å². The molecule has 1 unspecified atom stereocenters. The van der Waals surface area contributed by atoms with Gasteiger partial charge in [0, 0.05) is 41.0 Å². The van der Waals surface area contributed by atoms with E-state index in [0.29, 0.717) is 42.4 Å². The van der Waals surface area contributed by atoms with Crippen LogP contribution in [0.3, 0.4) is 0 Å². The number of furan rings is 1. The minimum Gasteiger partial charge on any atom is -0.475 e. The number of likely N-dealkylation sites (tertiary alicyclic amines) is 1. The van der Waals surface area contributed by atoms with Gasteiger partial charge in [0.2, 0.25) is 0 Å². The Bertz CT molecular complexity index is 1660. The van der Waals surface area contributed by atoms with Crippen LogP contribution in [0.2, 0.25) is 10.0 Å². The molecule has 1 saturated heterocycles. The summed E-state index contributed by atoms with van der Waals surface area (Å²) < 4.78 is 33.2. The largest absolute Gasteiger partial charge is 0.475 e. The molecule has 0 radical (unpaired) electrons. The molecule has 0 aliphatic carbocycles. The smallest absolute Gasteiger partial charge is 0.410 e. The zero-order valence-electron chi connectivity index (χ0n) is 23.3. The summed E-state index contributed by atoms with van der Waals surface area (Å²) in [4.78, 5) is 29.3. The third-order valence-electron chi connectivity index (χ3n) is 6.91. The molecule has 1 aliphatic heterocycles. The average Bonchev–Trinajstić information content (AvgIpc) is 3.58. The lowest BCUT2D eigenvalue weighted by Gasteiger charge is -2.33. The summed E-state index contributed by atoms with van der Waals surface area (Å²) in [5, 5.41) is 16.7. The van der Waals surface area contributed by atoms with Crippen LogP contribution in [0.1, 0.15) is 58.2 Å². The lowest BCUT2D eigenvalue weighted by Crippen LogP contribution is -2.42. The Morgan fingerprint density at radius 3 is 2.62 bits per heavy atom. The van der Waals surface area contributed by atoms with E-state index in [1.165, 1.54) is 25.5 Å². The van der Waals surface area contributed by atoms with Gasteiger partial charge in [0.1, 0.15) is 23.8 Å². The number of carbonyl (C=O) groups excluding carboxylic acids is 1. The van der Waals surface area contributed by atoms with Crippen LogP contribution in [0.5, 0.6) is 5.75 Å². The number of ether oxygens (including phenoxy) is 2. The van der Waals surface area contributed by atoms with Crippen LogP contribution in [0, 0.1) is 15.9 Å². The monoisotopic (exact) mass is 619 g/mol. The van der Waals surface area contributed by atoms with Crippen LogP contribution in [-0.4, -0.2) is 49.4 Å². The highest BCUT2D eigenvalue weighted by atomic mass is 35.5. The van der Waals surface area contributed by atoms with E-state index in [4.69, 9.17) is 37.1 Å². The van der Waals surface area contributed by atoms with Crippen molar-refractivity contribution in [3.63, 3.8) is 0 Å². The number of piperidine rings is 1. The Balaban J connectivity index is 1.40. The van der Waals surface area contributed by atoms with Crippen molar-refractivity contribution in [3.8, 4) is 16.9 Å². The van der Waals surface area contributed by atoms with Crippen molar-refractivity contribution >= 4 is 46.1 Å². The molecule has 11 nitrogen and oxygen atoms in total. The van der Waals surface area contributed by atoms with Gasteiger partial charge < -0.3 is 28.9 Å². The van der Waals surface area contributed by atoms with Gasteiger partial charge in [0.05, 0.1) is 22.6 Å². The van der Waals surface area contributed by atoms with E-state index in [1.54, 1.807) is 11.1 Å². The van der Waals surface area contributed by atoms with Crippen molar-refractivity contribution in [1.82, 2.24) is 19.7 Å². The molecule has 222 valence electrons. The molecular weight excluding hydrogens is 592 g/mol. The molecule has 4 heterocycles. The number of benzene rings is 1. The van der Waals surface area contributed by atoms with Crippen molar-refractivity contribution in [2.24, 2.45) is 0 Å². The highest BCUT2D eigenvalue weighted by molar-refractivity contribution is 6.36. The Morgan fingerprint density at radius 1 is 1.24 bits per heavy atom. The molecule has 3 aromatic heterocycles. The van der Waals surface area contributed by atoms with Gasteiger partial charge in [-0.1, -0.05) is 23.2 Å².